The smallest absolute Gasteiger partial charge is 0.0130 e. The first kappa shape index (κ1) is 13.3. The van der Waals surface area contributed by atoms with Gasteiger partial charge in [-0.25, -0.2) is 0 Å². The van der Waals surface area contributed by atoms with Crippen LogP contribution in [0.5, 0.6) is 0 Å². The fourth-order valence-electron chi connectivity index (χ4n) is 2.36. The number of rotatable bonds is 3. The van der Waals surface area contributed by atoms with Crippen LogP contribution in [0.3, 0.4) is 0 Å². The van der Waals surface area contributed by atoms with Gasteiger partial charge in [-0.1, -0.05) is 19.1 Å². The standard InChI is InChI=1S/C15H22IN/c1-14(2,3)17-10-12-9-15(12,4)11-5-7-13(16)8-6-11/h5-8,12,17H,9-10H2,1-4H3. The van der Waals surface area contributed by atoms with Crippen molar-refractivity contribution in [3.8, 4) is 0 Å². The summed E-state index contributed by atoms with van der Waals surface area (Å²) in [5, 5.41) is 3.62. The van der Waals surface area contributed by atoms with Crippen LogP contribution in [0.2, 0.25) is 0 Å². The minimum atomic E-state index is 0.232. The summed E-state index contributed by atoms with van der Waals surface area (Å²) in [7, 11) is 0. The third-order valence-corrected chi connectivity index (χ3v) is 4.51. The maximum Gasteiger partial charge on any atom is 0.0130 e. The second-order valence-electron chi connectivity index (χ2n) is 6.46. The van der Waals surface area contributed by atoms with E-state index in [9.17, 15) is 0 Å². The molecule has 2 atom stereocenters. The van der Waals surface area contributed by atoms with Crippen molar-refractivity contribution in [2.45, 2.75) is 45.1 Å². The van der Waals surface area contributed by atoms with E-state index in [0.717, 1.165) is 12.5 Å². The van der Waals surface area contributed by atoms with E-state index in [1.807, 2.05) is 0 Å². The summed E-state index contributed by atoms with van der Waals surface area (Å²) in [6.45, 7) is 10.2. The van der Waals surface area contributed by atoms with Gasteiger partial charge in [0.05, 0.1) is 0 Å². The Labute approximate surface area is 119 Å². The van der Waals surface area contributed by atoms with Gasteiger partial charge >= 0.3 is 0 Å². The zero-order valence-electron chi connectivity index (χ0n) is 11.2. The SMILES string of the molecule is CC(C)(C)NCC1CC1(C)c1ccc(I)cc1. The molecule has 1 fully saturated rings. The number of halogens is 1. The van der Waals surface area contributed by atoms with Gasteiger partial charge in [-0.05, 0) is 85.4 Å². The van der Waals surface area contributed by atoms with Crippen molar-refractivity contribution in [1.29, 1.82) is 0 Å². The topological polar surface area (TPSA) is 12.0 Å². The number of nitrogens with one attached hydrogen (secondary N) is 1. The Bertz CT molecular complexity index is 390. The molecule has 0 amide bonds. The Morgan fingerprint density at radius 3 is 2.41 bits per heavy atom. The zero-order valence-corrected chi connectivity index (χ0v) is 13.3. The van der Waals surface area contributed by atoms with Crippen LogP contribution in [0.1, 0.15) is 39.7 Å². The maximum atomic E-state index is 3.62. The predicted octanol–water partition coefficient (Wildman–Crippen LogP) is 3.96. The predicted molar refractivity (Wildman–Crippen MR) is 82.4 cm³/mol. The van der Waals surface area contributed by atoms with E-state index in [1.165, 1.54) is 15.6 Å². The van der Waals surface area contributed by atoms with Crippen molar-refractivity contribution < 1.29 is 0 Å². The molecule has 1 N–H and O–H groups in total. The van der Waals surface area contributed by atoms with Crippen LogP contribution in [-0.4, -0.2) is 12.1 Å². The fourth-order valence-corrected chi connectivity index (χ4v) is 2.72. The van der Waals surface area contributed by atoms with Crippen LogP contribution < -0.4 is 5.32 Å². The Kier molecular flexibility index (Phi) is 3.56. The highest BCUT2D eigenvalue weighted by atomic mass is 127. The van der Waals surface area contributed by atoms with Gasteiger partial charge in [0.1, 0.15) is 0 Å². The van der Waals surface area contributed by atoms with Crippen molar-refractivity contribution >= 4 is 22.6 Å². The summed E-state index contributed by atoms with van der Waals surface area (Å²) in [4.78, 5) is 0. The Balaban J connectivity index is 1.97. The van der Waals surface area contributed by atoms with Gasteiger partial charge in [0, 0.05) is 9.11 Å². The molecule has 1 aliphatic rings. The van der Waals surface area contributed by atoms with Crippen molar-refractivity contribution in [1.82, 2.24) is 5.32 Å². The van der Waals surface area contributed by atoms with Gasteiger partial charge in [0.2, 0.25) is 0 Å². The number of hydrogen-bond donors (Lipinski definition) is 1. The lowest BCUT2D eigenvalue weighted by atomic mass is 9.95. The molecule has 0 aliphatic heterocycles. The lowest BCUT2D eigenvalue weighted by molar-refractivity contribution is 0.406. The Morgan fingerprint density at radius 2 is 1.88 bits per heavy atom. The van der Waals surface area contributed by atoms with E-state index in [4.69, 9.17) is 0 Å². The molecule has 17 heavy (non-hydrogen) atoms. The molecule has 2 rings (SSSR count). The first-order chi connectivity index (χ1) is 7.81. The summed E-state index contributed by atoms with van der Waals surface area (Å²) < 4.78 is 1.32. The van der Waals surface area contributed by atoms with Crippen LogP contribution in [-0.2, 0) is 5.41 Å². The third kappa shape index (κ3) is 3.22. The van der Waals surface area contributed by atoms with Crippen molar-refractivity contribution in [2.24, 2.45) is 5.92 Å². The van der Waals surface area contributed by atoms with E-state index in [0.29, 0.717) is 5.41 Å². The Hall–Kier alpha value is -0.0900. The van der Waals surface area contributed by atoms with Gasteiger partial charge in [-0.2, -0.15) is 0 Å². The summed E-state index contributed by atoms with van der Waals surface area (Å²) in [6.07, 6.45) is 1.32. The first-order valence-electron chi connectivity index (χ1n) is 6.32. The zero-order chi connectivity index (χ0) is 12.7. The highest BCUT2D eigenvalue weighted by Crippen LogP contribution is 2.53. The second-order valence-corrected chi connectivity index (χ2v) is 7.70. The summed E-state index contributed by atoms with van der Waals surface area (Å²) in [5.74, 6) is 0.793. The van der Waals surface area contributed by atoms with Crippen LogP contribution in [0.25, 0.3) is 0 Å². The summed E-state index contributed by atoms with van der Waals surface area (Å²) >= 11 is 2.37. The monoisotopic (exact) mass is 343 g/mol. The first-order valence-corrected chi connectivity index (χ1v) is 7.40. The van der Waals surface area contributed by atoms with E-state index in [-0.39, 0.29) is 5.54 Å². The van der Waals surface area contributed by atoms with Gasteiger partial charge < -0.3 is 5.32 Å². The van der Waals surface area contributed by atoms with Crippen LogP contribution in [0, 0.1) is 9.49 Å². The Morgan fingerprint density at radius 1 is 1.29 bits per heavy atom. The minimum Gasteiger partial charge on any atom is -0.312 e. The lowest BCUT2D eigenvalue weighted by Gasteiger charge is -2.21. The molecule has 0 radical (unpaired) electrons. The van der Waals surface area contributed by atoms with Crippen LogP contribution in [0.4, 0.5) is 0 Å². The molecule has 94 valence electrons. The quantitative estimate of drug-likeness (QED) is 0.820. The lowest BCUT2D eigenvalue weighted by Crippen LogP contribution is -2.37. The molecule has 0 aromatic heterocycles. The highest BCUT2D eigenvalue weighted by Gasteiger charge is 2.50. The normalized spacial score (nSPS) is 28.2. The minimum absolute atomic E-state index is 0.232. The van der Waals surface area contributed by atoms with E-state index in [2.05, 4.69) is 79.9 Å². The molecular formula is C15H22IN. The molecule has 0 bridgehead atoms. The highest BCUT2D eigenvalue weighted by molar-refractivity contribution is 14.1. The molecule has 1 saturated carbocycles. The van der Waals surface area contributed by atoms with Gasteiger partial charge in [-0.15, -0.1) is 0 Å². The molecule has 1 aromatic rings. The summed E-state index contributed by atoms with van der Waals surface area (Å²) in [6, 6.07) is 9.01. The van der Waals surface area contributed by atoms with Gasteiger partial charge in [-0.3, -0.25) is 0 Å². The fraction of sp³-hybridized carbons (Fsp3) is 0.600. The molecule has 0 spiro atoms. The average molecular weight is 343 g/mol. The van der Waals surface area contributed by atoms with Gasteiger partial charge in [0.25, 0.3) is 0 Å². The molecule has 0 saturated heterocycles. The molecule has 2 heteroatoms. The maximum absolute atomic E-state index is 3.62. The van der Waals surface area contributed by atoms with Crippen molar-refractivity contribution in [3.05, 3.63) is 33.4 Å². The molecule has 2 unspecified atom stereocenters. The molecule has 0 heterocycles. The number of benzene rings is 1. The molecule has 1 aromatic carbocycles. The second kappa shape index (κ2) is 4.54. The van der Waals surface area contributed by atoms with Crippen molar-refractivity contribution in [3.63, 3.8) is 0 Å². The average Bonchev–Trinajstić information content (AvgIpc) is 2.88. The molecule has 1 nitrogen and oxygen atoms in total. The number of hydrogen-bond acceptors (Lipinski definition) is 1. The summed E-state index contributed by atoms with van der Waals surface area (Å²) in [5.41, 5.74) is 2.14. The van der Waals surface area contributed by atoms with Crippen molar-refractivity contribution in [2.75, 3.05) is 6.54 Å². The van der Waals surface area contributed by atoms with Gasteiger partial charge in [0.15, 0.2) is 0 Å². The third-order valence-electron chi connectivity index (χ3n) is 3.79. The van der Waals surface area contributed by atoms with E-state index < -0.39 is 0 Å². The van der Waals surface area contributed by atoms with Crippen LogP contribution >= 0.6 is 22.6 Å². The molecular weight excluding hydrogens is 321 g/mol. The molecule has 1 aliphatic carbocycles. The van der Waals surface area contributed by atoms with Crippen LogP contribution in [0.15, 0.2) is 24.3 Å². The van der Waals surface area contributed by atoms with E-state index >= 15 is 0 Å². The largest absolute Gasteiger partial charge is 0.312 e. The van der Waals surface area contributed by atoms with E-state index in [1.54, 1.807) is 0 Å².